The van der Waals surface area contributed by atoms with Crippen molar-refractivity contribution in [3.05, 3.63) is 0 Å². The Labute approximate surface area is 174 Å². The molecule has 164 valence electrons. The fourth-order valence-corrected chi connectivity index (χ4v) is 4.15. The van der Waals surface area contributed by atoms with Gasteiger partial charge in [-0.3, -0.25) is 0 Å². The molecule has 0 spiro atoms. The molecule has 1 atom stereocenters. The lowest BCUT2D eigenvalue weighted by Gasteiger charge is -2.36. The van der Waals surface area contributed by atoms with Gasteiger partial charge in [-0.25, -0.2) is 0 Å². The first kappa shape index (κ1) is 27.2. The fourth-order valence-electron chi connectivity index (χ4n) is 3.96. The minimum atomic E-state index is -0.884. The fraction of sp³-hybridized carbons (Fsp3) is 1.00. The van der Waals surface area contributed by atoms with Crippen molar-refractivity contribution in [1.82, 2.24) is 0 Å². The van der Waals surface area contributed by atoms with Gasteiger partial charge < -0.3 is 14.2 Å². The van der Waals surface area contributed by atoms with E-state index in [1.807, 2.05) is 0 Å². The minimum absolute atomic E-state index is 0.299. The number of methoxy groups -OCH3 is 3. The highest BCUT2D eigenvalue weighted by Gasteiger charge is 2.39. The van der Waals surface area contributed by atoms with Crippen LogP contribution in [0, 0.1) is 5.92 Å². The van der Waals surface area contributed by atoms with Crippen LogP contribution in [0.4, 0.5) is 0 Å². The Hall–Kier alpha value is 0.170. The first-order valence-corrected chi connectivity index (χ1v) is 12.0. The number of hydrogen-bond acceptors (Lipinski definition) is 3. The lowest BCUT2D eigenvalue weighted by molar-refractivity contribution is -0.380. The summed E-state index contributed by atoms with van der Waals surface area (Å²) in [6, 6.07) is 0. The molecule has 0 fully saturated rings. The normalized spacial score (nSPS) is 13.2. The smallest absolute Gasteiger partial charge is 0.285 e. The second kappa shape index (κ2) is 19.5. The van der Waals surface area contributed by atoms with Gasteiger partial charge in [-0.15, -0.1) is 11.6 Å². The molecule has 0 rings (SSSR count). The van der Waals surface area contributed by atoms with E-state index in [0.29, 0.717) is 5.92 Å². The quantitative estimate of drug-likeness (QED) is 0.111. The van der Waals surface area contributed by atoms with E-state index >= 15 is 0 Å². The van der Waals surface area contributed by atoms with E-state index in [4.69, 9.17) is 25.8 Å². The maximum atomic E-state index is 5.72. The summed E-state index contributed by atoms with van der Waals surface area (Å²) in [5.41, 5.74) is 0. The molecule has 1 unspecified atom stereocenters. The Bertz CT molecular complexity index is 287. The van der Waals surface area contributed by atoms with Crippen LogP contribution < -0.4 is 0 Å². The highest BCUT2D eigenvalue weighted by atomic mass is 35.5. The second-order valence-corrected chi connectivity index (χ2v) is 8.15. The van der Waals surface area contributed by atoms with E-state index in [1.54, 1.807) is 21.3 Å². The van der Waals surface area contributed by atoms with Crippen LogP contribution >= 0.6 is 11.6 Å². The number of rotatable bonds is 21. The number of alkyl halides is 1. The first-order valence-electron chi connectivity index (χ1n) is 11.4. The van der Waals surface area contributed by atoms with Gasteiger partial charge in [-0.1, -0.05) is 90.4 Å². The van der Waals surface area contributed by atoms with Gasteiger partial charge in [0.15, 0.2) is 0 Å². The summed E-state index contributed by atoms with van der Waals surface area (Å²) in [6.07, 6.45) is 20.4. The molecule has 0 heterocycles. The topological polar surface area (TPSA) is 27.7 Å². The van der Waals surface area contributed by atoms with Crippen LogP contribution in [0.3, 0.4) is 0 Å². The second-order valence-electron chi connectivity index (χ2n) is 7.78. The van der Waals surface area contributed by atoms with Crippen molar-refractivity contribution >= 4 is 11.6 Å². The maximum absolute atomic E-state index is 5.72. The van der Waals surface area contributed by atoms with Gasteiger partial charge in [0.25, 0.3) is 5.97 Å². The Morgan fingerprint density at radius 2 is 0.963 bits per heavy atom. The van der Waals surface area contributed by atoms with Gasteiger partial charge >= 0.3 is 0 Å². The molecular formula is C23H47ClO3. The third-order valence-electron chi connectivity index (χ3n) is 5.70. The Kier molecular flexibility index (Phi) is 19.6. The average molecular weight is 407 g/mol. The van der Waals surface area contributed by atoms with E-state index < -0.39 is 5.97 Å². The number of unbranched alkanes of at least 4 members (excludes halogenated alkanes) is 12. The molecule has 0 aliphatic carbocycles. The monoisotopic (exact) mass is 406 g/mol. The van der Waals surface area contributed by atoms with E-state index in [9.17, 15) is 0 Å². The van der Waals surface area contributed by atoms with Crippen LogP contribution in [-0.2, 0) is 14.2 Å². The molecular weight excluding hydrogens is 360 g/mol. The highest BCUT2D eigenvalue weighted by molar-refractivity contribution is 6.17. The molecule has 0 saturated heterocycles. The number of halogens is 1. The van der Waals surface area contributed by atoms with Crippen LogP contribution in [0.1, 0.15) is 110 Å². The van der Waals surface area contributed by atoms with Gasteiger partial charge in [0.1, 0.15) is 0 Å². The van der Waals surface area contributed by atoms with Crippen molar-refractivity contribution in [2.45, 2.75) is 116 Å². The van der Waals surface area contributed by atoms with Crippen molar-refractivity contribution in [3.8, 4) is 0 Å². The van der Waals surface area contributed by atoms with Crippen molar-refractivity contribution in [1.29, 1.82) is 0 Å². The van der Waals surface area contributed by atoms with Gasteiger partial charge in [0, 0.05) is 33.1 Å². The van der Waals surface area contributed by atoms with Gasteiger partial charge in [0.2, 0.25) is 0 Å². The van der Waals surface area contributed by atoms with Crippen LogP contribution in [-0.4, -0.2) is 33.2 Å². The SMILES string of the molecule is CCCCCCCCC(CCCCCCCCCCCl)C(OC)(OC)OC. The molecule has 27 heavy (non-hydrogen) atoms. The molecule has 4 heteroatoms. The van der Waals surface area contributed by atoms with E-state index in [2.05, 4.69) is 6.92 Å². The van der Waals surface area contributed by atoms with Crippen LogP contribution in [0.15, 0.2) is 0 Å². The zero-order valence-electron chi connectivity index (χ0n) is 18.7. The van der Waals surface area contributed by atoms with E-state index in [-0.39, 0.29) is 0 Å². The molecule has 0 aromatic heterocycles. The molecule has 0 aromatic carbocycles. The Morgan fingerprint density at radius 1 is 0.593 bits per heavy atom. The van der Waals surface area contributed by atoms with Crippen LogP contribution in [0.25, 0.3) is 0 Å². The number of ether oxygens (including phenoxy) is 3. The van der Waals surface area contributed by atoms with Crippen LogP contribution in [0.2, 0.25) is 0 Å². The summed E-state index contributed by atoms with van der Waals surface area (Å²) in [4.78, 5) is 0. The molecule has 0 bridgehead atoms. The molecule has 0 radical (unpaired) electrons. The summed E-state index contributed by atoms with van der Waals surface area (Å²) >= 11 is 5.72. The largest absolute Gasteiger partial charge is 0.331 e. The Balaban J connectivity index is 4.15. The lowest BCUT2D eigenvalue weighted by atomic mass is 9.91. The van der Waals surface area contributed by atoms with Crippen molar-refractivity contribution < 1.29 is 14.2 Å². The first-order chi connectivity index (χ1) is 13.2. The summed E-state index contributed by atoms with van der Waals surface area (Å²) in [6.45, 7) is 2.26. The standard InChI is InChI=1S/C23H47ClO3/c1-5-6-7-8-13-16-19-22(23(25-2,26-3)27-4)20-17-14-11-9-10-12-15-18-21-24/h22H,5-21H2,1-4H3. The predicted molar refractivity (Wildman–Crippen MR) is 118 cm³/mol. The van der Waals surface area contributed by atoms with E-state index in [1.165, 1.54) is 83.5 Å². The zero-order chi connectivity index (χ0) is 20.2. The third kappa shape index (κ3) is 13.1. The summed E-state index contributed by atoms with van der Waals surface area (Å²) < 4.78 is 17.0. The lowest BCUT2D eigenvalue weighted by Crippen LogP contribution is -2.44. The molecule has 0 aliphatic rings. The van der Waals surface area contributed by atoms with Crippen molar-refractivity contribution in [2.75, 3.05) is 27.2 Å². The van der Waals surface area contributed by atoms with Crippen molar-refractivity contribution in [3.63, 3.8) is 0 Å². The third-order valence-corrected chi connectivity index (χ3v) is 5.96. The number of hydrogen-bond donors (Lipinski definition) is 0. The predicted octanol–water partition coefficient (Wildman–Crippen LogP) is 7.70. The van der Waals surface area contributed by atoms with Crippen molar-refractivity contribution in [2.24, 2.45) is 5.92 Å². The average Bonchev–Trinajstić information content (AvgIpc) is 2.70. The summed E-state index contributed by atoms with van der Waals surface area (Å²) in [5.74, 6) is 0.220. The van der Waals surface area contributed by atoms with Gasteiger partial charge in [-0.05, 0) is 19.3 Å². The zero-order valence-corrected chi connectivity index (χ0v) is 19.5. The highest BCUT2D eigenvalue weighted by Crippen LogP contribution is 2.33. The molecule has 0 amide bonds. The molecule has 0 aliphatic heterocycles. The molecule has 0 aromatic rings. The molecule has 0 N–H and O–H groups in total. The van der Waals surface area contributed by atoms with Crippen LogP contribution in [0.5, 0.6) is 0 Å². The Morgan fingerprint density at radius 3 is 1.33 bits per heavy atom. The van der Waals surface area contributed by atoms with Gasteiger partial charge in [-0.2, -0.15) is 0 Å². The van der Waals surface area contributed by atoms with E-state index in [0.717, 1.165) is 25.1 Å². The molecule has 3 nitrogen and oxygen atoms in total. The van der Waals surface area contributed by atoms with Gasteiger partial charge in [0.05, 0.1) is 0 Å². The summed E-state index contributed by atoms with van der Waals surface area (Å²) in [7, 11) is 5.09. The minimum Gasteiger partial charge on any atom is -0.331 e. The maximum Gasteiger partial charge on any atom is 0.285 e. The summed E-state index contributed by atoms with van der Waals surface area (Å²) in [5, 5.41) is 0. The molecule has 0 saturated carbocycles.